The molecule has 4 rings (SSSR count). The number of hydrogen-bond acceptors (Lipinski definition) is 0. The van der Waals surface area contributed by atoms with Gasteiger partial charge in [0.2, 0.25) is 0 Å². The Hall–Kier alpha value is -2.00. The molecular formula is C24H21Li. The van der Waals surface area contributed by atoms with Crippen LogP contribution in [0.4, 0.5) is 0 Å². The Balaban J connectivity index is 0.00000182. The molecule has 0 aliphatic carbocycles. The summed E-state index contributed by atoms with van der Waals surface area (Å²) >= 11 is 0. The Bertz CT molecular complexity index is 1000. The second kappa shape index (κ2) is 6.72. The van der Waals surface area contributed by atoms with Crippen LogP contribution in [0.5, 0.6) is 0 Å². The van der Waals surface area contributed by atoms with E-state index in [9.17, 15) is 0 Å². The van der Waals surface area contributed by atoms with E-state index in [-0.39, 0.29) is 18.9 Å². The Morgan fingerprint density at radius 1 is 0.640 bits per heavy atom. The molecule has 118 valence electrons. The van der Waals surface area contributed by atoms with Gasteiger partial charge in [0.25, 0.3) is 0 Å². The molecule has 0 nitrogen and oxygen atoms in total. The van der Waals surface area contributed by atoms with E-state index in [1.807, 2.05) is 6.07 Å². The minimum absolute atomic E-state index is 0. The molecule has 0 N–H and O–H groups in total. The maximum absolute atomic E-state index is 3.27. The molecule has 0 amide bonds. The van der Waals surface area contributed by atoms with Gasteiger partial charge in [-0.15, -0.1) is 10.8 Å². The van der Waals surface area contributed by atoms with Gasteiger partial charge in [0, 0.05) is 0 Å². The molecule has 0 aromatic heterocycles. The molecule has 0 spiro atoms. The van der Waals surface area contributed by atoms with Crippen molar-refractivity contribution in [2.75, 3.05) is 0 Å². The summed E-state index contributed by atoms with van der Waals surface area (Å²) in [6.07, 6.45) is 0. The average Bonchev–Trinajstić information content (AvgIpc) is 2.61. The molecule has 0 bridgehead atoms. The minimum atomic E-state index is 0. The van der Waals surface area contributed by atoms with Crippen molar-refractivity contribution < 1.29 is 18.9 Å². The average molecular weight is 316 g/mol. The molecule has 0 saturated heterocycles. The quantitative estimate of drug-likeness (QED) is 0.371. The maximum atomic E-state index is 3.27. The van der Waals surface area contributed by atoms with Crippen LogP contribution in [-0.4, -0.2) is 0 Å². The number of benzene rings is 4. The number of hydrogen-bond donors (Lipinski definition) is 0. The first-order valence-corrected chi connectivity index (χ1v) is 8.47. The van der Waals surface area contributed by atoms with Gasteiger partial charge in [0.1, 0.15) is 0 Å². The molecule has 4 aromatic carbocycles. The fraction of sp³-hybridized carbons (Fsp3) is 0.167. The van der Waals surface area contributed by atoms with Crippen LogP contribution in [0, 0.1) is 33.8 Å². The maximum Gasteiger partial charge on any atom is 1.00 e. The van der Waals surface area contributed by atoms with Gasteiger partial charge in [-0.3, -0.25) is 0 Å². The van der Waals surface area contributed by atoms with Crippen LogP contribution in [-0.2, 0) is 0 Å². The van der Waals surface area contributed by atoms with Gasteiger partial charge < -0.3 is 0 Å². The summed E-state index contributed by atoms with van der Waals surface area (Å²) in [6, 6.07) is 23.0. The van der Waals surface area contributed by atoms with E-state index in [2.05, 4.69) is 82.3 Å². The molecule has 0 heterocycles. The molecule has 0 aliphatic heterocycles. The van der Waals surface area contributed by atoms with Gasteiger partial charge in [0.15, 0.2) is 0 Å². The largest absolute Gasteiger partial charge is 1.00 e. The Morgan fingerprint density at radius 2 is 1.16 bits per heavy atom. The van der Waals surface area contributed by atoms with Crippen LogP contribution in [0.15, 0.2) is 54.6 Å². The first kappa shape index (κ1) is 17.8. The molecule has 0 aliphatic rings. The fourth-order valence-electron chi connectivity index (χ4n) is 3.70. The van der Waals surface area contributed by atoms with Gasteiger partial charge in [0.05, 0.1) is 0 Å². The summed E-state index contributed by atoms with van der Waals surface area (Å²) in [7, 11) is 0. The summed E-state index contributed by atoms with van der Waals surface area (Å²) in [4.78, 5) is 0. The molecule has 0 radical (unpaired) electrons. The second-order valence-electron chi connectivity index (χ2n) is 6.75. The van der Waals surface area contributed by atoms with Crippen molar-refractivity contribution in [3.8, 4) is 11.1 Å². The molecule has 1 heteroatoms. The van der Waals surface area contributed by atoms with Crippen LogP contribution in [0.3, 0.4) is 0 Å². The monoisotopic (exact) mass is 316 g/mol. The molecule has 0 saturated carbocycles. The zero-order valence-electron chi connectivity index (χ0n) is 15.7. The normalized spacial score (nSPS) is 10.9. The summed E-state index contributed by atoms with van der Waals surface area (Å²) in [6.45, 7) is 8.84. The summed E-state index contributed by atoms with van der Waals surface area (Å²) in [5.41, 5.74) is 8.04. The van der Waals surface area contributed by atoms with E-state index in [0.717, 1.165) is 0 Å². The van der Waals surface area contributed by atoms with E-state index in [1.54, 1.807) is 0 Å². The molecule has 4 aromatic rings. The zero-order chi connectivity index (χ0) is 16.8. The van der Waals surface area contributed by atoms with Gasteiger partial charge >= 0.3 is 18.9 Å². The van der Waals surface area contributed by atoms with Crippen molar-refractivity contribution >= 4 is 21.5 Å². The predicted molar refractivity (Wildman–Crippen MR) is 105 cm³/mol. The van der Waals surface area contributed by atoms with Gasteiger partial charge in [-0.2, -0.15) is 24.3 Å². The Labute approximate surface area is 162 Å². The topological polar surface area (TPSA) is 0 Å². The van der Waals surface area contributed by atoms with Crippen molar-refractivity contribution in [3.63, 3.8) is 0 Å². The van der Waals surface area contributed by atoms with Crippen LogP contribution >= 0.6 is 0 Å². The van der Waals surface area contributed by atoms with Crippen LogP contribution in [0.1, 0.15) is 22.3 Å². The number of aryl methyl sites for hydroxylation is 4. The number of rotatable bonds is 1. The van der Waals surface area contributed by atoms with Gasteiger partial charge in [-0.1, -0.05) is 53.1 Å². The van der Waals surface area contributed by atoms with E-state index in [1.165, 1.54) is 54.9 Å². The molecule has 0 atom stereocenters. The first-order chi connectivity index (χ1) is 11.6. The standard InChI is InChI=1S/C24H21.Li/c1-15-13-23(21-11-7-5-9-19(21)17(15)3)24-14-16(2)18(4)20-10-6-8-12-22(20)24;/h5-7,9-14H,1-4H3;/q-1;+1. The Morgan fingerprint density at radius 3 is 1.80 bits per heavy atom. The third-order valence-corrected chi connectivity index (χ3v) is 5.37. The van der Waals surface area contributed by atoms with Crippen molar-refractivity contribution in [2.24, 2.45) is 0 Å². The first-order valence-electron chi connectivity index (χ1n) is 8.47. The van der Waals surface area contributed by atoms with Crippen LogP contribution < -0.4 is 18.9 Å². The van der Waals surface area contributed by atoms with Crippen molar-refractivity contribution in [1.29, 1.82) is 0 Å². The minimum Gasteiger partial charge on any atom is -0.183 e. The van der Waals surface area contributed by atoms with E-state index >= 15 is 0 Å². The molecule has 0 unspecified atom stereocenters. The van der Waals surface area contributed by atoms with Gasteiger partial charge in [-0.05, 0) is 55.2 Å². The van der Waals surface area contributed by atoms with Gasteiger partial charge in [-0.25, -0.2) is 0 Å². The van der Waals surface area contributed by atoms with Crippen molar-refractivity contribution in [1.82, 2.24) is 0 Å². The van der Waals surface area contributed by atoms with E-state index < -0.39 is 0 Å². The van der Waals surface area contributed by atoms with Crippen LogP contribution in [0.2, 0.25) is 0 Å². The third-order valence-electron chi connectivity index (χ3n) is 5.37. The van der Waals surface area contributed by atoms with Crippen molar-refractivity contribution in [3.05, 3.63) is 82.9 Å². The van der Waals surface area contributed by atoms with E-state index in [0.29, 0.717) is 0 Å². The summed E-state index contributed by atoms with van der Waals surface area (Å²) in [5.74, 6) is 0. The Kier molecular flexibility index (Phi) is 4.79. The number of fused-ring (bicyclic) bond motifs is 2. The summed E-state index contributed by atoms with van der Waals surface area (Å²) in [5, 5.41) is 5.29. The zero-order valence-corrected chi connectivity index (χ0v) is 15.7. The molecule has 0 fully saturated rings. The summed E-state index contributed by atoms with van der Waals surface area (Å²) < 4.78 is 0. The fourth-order valence-corrected chi connectivity index (χ4v) is 3.70. The molecular weight excluding hydrogens is 295 g/mol. The van der Waals surface area contributed by atoms with Crippen LogP contribution in [0.25, 0.3) is 32.7 Å². The third kappa shape index (κ3) is 2.81. The predicted octanol–water partition coefficient (Wildman–Crippen LogP) is 3.70. The smallest absolute Gasteiger partial charge is 0.183 e. The second-order valence-corrected chi connectivity index (χ2v) is 6.75. The SMILES string of the molecule is Cc1cc(-c2cc(C)c(C)c3ccccc23)c2c[c-]ccc2c1C.[Li+]. The van der Waals surface area contributed by atoms with E-state index in [4.69, 9.17) is 0 Å². The molecule has 25 heavy (non-hydrogen) atoms. The van der Waals surface area contributed by atoms with Crippen molar-refractivity contribution in [2.45, 2.75) is 27.7 Å².